The smallest absolute Gasteiger partial charge is 0.262 e. The third-order valence-electron chi connectivity index (χ3n) is 7.80. The first-order valence-corrected chi connectivity index (χ1v) is 12.7. The molecule has 6 nitrogen and oxygen atoms in total. The Hall–Kier alpha value is -0.920. The quantitative estimate of drug-likeness (QED) is 0.773. The molecule has 0 aromatic carbocycles. The van der Waals surface area contributed by atoms with E-state index in [0.29, 0.717) is 17.1 Å². The Morgan fingerprint density at radius 1 is 0.964 bits per heavy atom. The molecule has 28 heavy (non-hydrogen) atoms. The highest BCUT2D eigenvalue weighted by molar-refractivity contribution is 7.89. The third-order valence-corrected chi connectivity index (χ3v) is 9.68. The summed E-state index contributed by atoms with van der Waals surface area (Å²) in [6, 6.07) is 1.23. The van der Waals surface area contributed by atoms with E-state index in [9.17, 15) is 8.42 Å². The van der Waals surface area contributed by atoms with Gasteiger partial charge in [-0.05, 0) is 77.3 Å². The van der Waals surface area contributed by atoms with Crippen molar-refractivity contribution in [1.82, 2.24) is 18.8 Å². The van der Waals surface area contributed by atoms with Crippen LogP contribution in [0.4, 0.5) is 0 Å². The molecule has 4 aliphatic rings. The number of piperidine rings is 2. The lowest BCUT2D eigenvalue weighted by Gasteiger charge is -2.44. The van der Waals surface area contributed by atoms with Crippen LogP contribution in [0.2, 0.25) is 0 Å². The van der Waals surface area contributed by atoms with Gasteiger partial charge in [0, 0.05) is 36.8 Å². The number of hydrogen-bond acceptors (Lipinski definition) is 4. The molecule has 0 aliphatic carbocycles. The maximum Gasteiger partial charge on any atom is 0.262 e. The number of likely N-dealkylation sites (tertiary alicyclic amines) is 1. The van der Waals surface area contributed by atoms with Gasteiger partial charge in [-0.25, -0.2) is 13.4 Å². The lowest BCUT2D eigenvalue weighted by molar-refractivity contribution is 0.0758. The van der Waals surface area contributed by atoms with Gasteiger partial charge in [0.2, 0.25) is 0 Å². The fourth-order valence-corrected chi connectivity index (χ4v) is 7.94. The summed E-state index contributed by atoms with van der Waals surface area (Å²) in [5.74, 6) is 1.78. The van der Waals surface area contributed by atoms with Crippen LogP contribution < -0.4 is 0 Å². The Bertz CT molecular complexity index is 813. The number of imidazole rings is 1. The maximum absolute atomic E-state index is 13.5. The van der Waals surface area contributed by atoms with E-state index < -0.39 is 10.0 Å². The average Bonchev–Trinajstić information content (AvgIpc) is 3.23. The average molecular weight is 407 g/mol. The van der Waals surface area contributed by atoms with E-state index in [4.69, 9.17) is 0 Å². The molecular weight excluding hydrogens is 372 g/mol. The van der Waals surface area contributed by atoms with E-state index in [1.807, 2.05) is 10.5 Å². The van der Waals surface area contributed by atoms with Crippen molar-refractivity contribution in [2.75, 3.05) is 13.1 Å². The van der Waals surface area contributed by atoms with Gasteiger partial charge >= 0.3 is 0 Å². The van der Waals surface area contributed by atoms with Gasteiger partial charge in [0.25, 0.3) is 10.0 Å². The Balaban J connectivity index is 1.36. The number of rotatable bonds is 3. The molecule has 0 N–H and O–H groups in total. The van der Waals surface area contributed by atoms with Crippen LogP contribution in [-0.4, -0.2) is 58.4 Å². The molecule has 2 bridgehead atoms. The molecule has 7 heteroatoms. The Morgan fingerprint density at radius 2 is 1.64 bits per heavy atom. The van der Waals surface area contributed by atoms with E-state index in [2.05, 4.69) is 28.3 Å². The van der Waals surface area contributed by atoms with E-state index in [0.717, 1.165) is 56.7 Å². The summed E-state index contributed by atoms with van der Waals surface area (Å²) >= 11 is 0. The summed E-state index contributed by atoms with van der Waals surface area (Å²) in [5, 5.41) is 0.290. The van der Waals surface area contributed by atoms with Gasteiger partial charge in [-0.3, -0.25) is 0 Å². The zero-order chi connectivity index (χ0) is 19.5. The van der Waals surface area contributed by atoms with Gasteiger partial charge < -0.3 is 9.47 Å². The van der Waals surface area contributed by atoms with Gasteiger partial charge in [-0.1, -0.05) is 6.92 Å². The fraction of sp³-hybridized carbons (Fsp3) is 0.857. The predicted molar refractivity (Wildman–Crippen MR) is 109 cm³/mol. The molecule has 1 aromatic heterocycles. The van der Waals surface area contributed by atoms with Gasteiger partial charge in [-0.15, -0.1) is 0 Å². The van der Waals surface area contributed by atoms with Crippen LogP contribution in [0.1, 0.15) is 77.1 Å². The molecule has 4 atom stereocenters. The van der Waals surface area contributed by atoms with E-state index in [1.54, 1.807) is 0 Å². The first kappa shape index (κ1) is 19.1. The van der Waals surface area contributed by atoms with Crippen molar-refractivity contribution >= 4 is 10.0 Å². The monoisotopic (exact) mass is 406 g/mol. The highest BCUT2D eigenvalue weighted by atomic mass is 32.2. The summed E-state index contributed by atoms with van der Waals surface area (Å²) in [7, 11) is -3.50. The van der Waals surface area contributed by atoms with Crippen LogP contribution in [0.3, 0.4) is 0 Å². The Kier molecular flexibility index (Phi) is 4.83. The topological polar surface area (TPSA) is 58.4 Å². The SMILES string of the molecule is CC1CCN(C2C[C@H]3CC[C@@H](C2)N3S(=O)(=O)c2cn3c(n2)CCCC3C)CC1. The van der Waals surface area contributed by atoms with Crippen molar-refractivity contribution in [2.45, 2.75) is 101 Å². The molecule has 3 saturated heterocycles. The predicted octanol–water partition coefficient (Wildman–Crippen LogP) is 3.20. The summed E-state index contributed by atoms with van der Waals surface area (Å²) in [4.78, 5) is 7.23. The summed E-state index contributed by atoms with van der Waals surface area (Å²) in [6.07, 6.45) is 11.5. The van der Waals surface area contributed by atoms with Crippen molar-refractivity contribution in [3.63, 3.8) is 0 Å². The second-order valence-corrected chi connectivity index (χ2v) is 11.5. The Morgan fingerprint density at radius 3 is 2.29 bits per heavy atom. The van der Waals surface area contributed by atoms with Crippen LogP contribution in [-0.2, 0) is 16.4 Å². The minimum absolute atomic E-state index is 0.157. The first-order chi connectivity index (χ1) is 13.4. The molecule has 2 unspecified atom stereocenters. The zero-order valence-corrected chi connectivity index (χ0v) is 18.1. The summed E-state index contributed by atoms with van der Waals surface area (Å²) < 4.78 is 31.0. The van der Waals surface area contributed by atoms with Crippen molar-refractivity contribution in [2.24, 2.45) is 5.92 Å². The molecular formula is C21H34N4O2S. The van der Waals surface area contributed by atoms with Gasteiger partial charge in [0.05, 0.1) is 0 Å². The minimum Gasteiger partial charge on any atom is -0.331 e. The van der Waals surface area contributed by atoms with Gasteiger partial charge in [-0.2, -0.15) is 4.31 Å². The number of fused-ring (bicyclic) bond motifs is 3. The van der Waals surface area contributed by atoms with E-state index in [1.165, 1.54) is 25.9 Å². The van der Waals surface area contributed by atoms with Crippen LogP contribution in [0, 0.1) is 5.92 Å². The lowest BCUT2D eigenvalue weighted by Crippen LogP contribution is -2.53. The molecule has 5 rings (SSSR count). The summed E-state index contributed by atoms with van der Waals surface area (Å²) in [5.41, 5.74) is 0. The number of hydrogen-bond donors (Lipinski definition) is 0. The molecule has 5 heterocycles. The second kappa shape index (κ2) is 7.10. The fourth-order valence-electron chi connectivity index (χ4n) is 6.09. The molecule has 3 fully saturated rings. The molecule has 0 radical (unpaired) electrons. The van der Waals surface area contributed by atoms with Crippen molar-refractivity contribution in [1.29, 1.82) is 0 Å². The number of nitrogens with zero attached hydrogens (tertiary/aromatic N) is 4. The van der Waals surface area contributed by atoms with E-state index >= 15 is 0 Å². The van der Waals surface area contributed by atoms with Gasteiger partial charge in [0.1, 0.15) is 5.82 Å². The standard InChI is InChI=1S/C21H34N4O2S/c1-15-8-10-23(11-9-15)19-12-17-6-7-18(13-19)25(17)28(26,27)21-14-24-16(2)4-3-5-20(24)22-21/h14-19H,3-13H2,1-2H3/t16?,17-,18+,19?. The number of sulfonamides is 1. The first-order valence-electron chi connectivity index (χ1n) is 11.3. The molecule has 156 valence electrons. The molecule has 1 aromatic rings. The normalized spacial score (nSPS) is 35.2. The highest BCUT2D eigenvalue weighted by Crippen LogP contribution is 2.42. The molecule has 0 spiro atoms. The second-order valence-electron chi connectivity index (χ2n) is 9.71. The molecule has 0 amide bonds. The van der Waals surface area contributed by atoms with Crippen molar-refractivity contribution in [3.05, 3.63) is 12.0 Å². The Labute approximate surface area is 169 Å². The summed E-state index contributed by atoms with van der Waals surface area (Å²) in [6.45, 7) is 6.88. The van der Waals surface area contributed by atoms with Crippen molar-refractivity contribution < 1.29 is 8.42 Å². The van der Waals surface area contributed by atoms with Crippen LogP contribution in [0.15, 0.2) is 11.2 Å². The van der Waals surface area contributed by atoms with Crippen molar-refractivity contribution in [3.8, 4) is 0 Å². The van der Waals surface area contributed by atoms with Gasteiger partial charge in [0.15, 0.2) is 5.03 Å². The molecule has 4 aliphatic heterocycles. The largest absolute Gasteiger partial charge is 0.331 e. The van der Waals surface area contributed by atoms with Crippen LogP contribution in [0.25, 0.3) is 0 Å². The molecule has 0 saturated carbocycles. The highest BCUT2D eigenvalue weighted by Gasteiger charge is 2.49. The number of aromatic nitrogens is 2. The van der Waals surface area contributed by atoms with Crippen LogP contribution >= 0.6 is 0 Å². The third kappa shape index (κ3) is 3.14. The van der Waals surface area contributed by atoms with E-state index in [-0.39, 0.29) is 12.1 Å². The van der Waals surface area contributed by atoms with Crippen LogP contribution in [0.5, 0.6) is 0 Å². The maximum atomic E-state index is 13.5. The lowest BCUT2D eigenvalue weighted by atomic mass is 9.93. The minimum atomic E-state index is -3.50. The zero-order valence-electron chi connectivity index (χ0n) is 17.3. The number of aryl methyl sites for hydroxylation is 1.